The van der Waals surface area contributed by atoms with Crippen LogP contribution in [0.1, 0.15) is 54.6 Å². The van der Waals surface area contributed by atoms with E-state index in [0.717, 1.165) is 6.07 Å². The minimum absolute atomic E-state index is 0.0194. The van der Waals surface area contributed by atoms with Crippen LogP contribution in [0.2, 0.25) is 5.02 Å². The fourth-order valence-corrected chi connectivity index (χ4v) is 5.16. The normalized spacial score (nSPS) is 20.8. The third-order valence-corrected chi connectivity index (χ3v) is 6.89. The van der Waals surface area contributed by atoms with Gasteiger partial charge in [-0.2, -0.15) is 18.3 Å². The van der Waals surface area contributed by atoms with E-state index in [0.29, 0.717) is 31.2 Å². The minimum atomic E-state index is -4.65. The fourth-order valence-electron chi connectivity index (χ4n) is 4.92. The molecule has 1 N–H and O–H groups in total. The third kappa shape index (κ3) is 5.37. The average molecular weight is 502 g/mol. The summed E-state index contributed by atoms with van der Waals surface area (Å²) < 4.78 is 55.8. The van der Waals surface area contributed by atoms with E-state index in [9.17, 15) is 27.2 Å². The first-order valence-electron chi connectivity index (χ1n) is 11.1. The Morgan fingerprint density at radius 1 is 1.15 bits per heavy atom. The average Bonchev–Trinajstić information content (AvgIpc) is 3.11. The predicted molar refractivity (Wildman–Crippen MR) is 115 cm³/mol. The second kappa shape index (κ2) is 9.56. The highest BCUT2D eigenvalue weighted by Crippen LogP contribution is 2.36. The Morgan fingerprint density at radius 2 is 1.85 bits per heavy atom. The first-order chi connectivity index (χ1) is 16.0. The van der Waals surface area contributed by atoms with Gasteiger partial charge in [0.25, 0.3) is 0 Å². The first kappa shape index (κ1) is 24.5. The van der Waals surface area contributed by atoms with Crippen molar-refractivity contribution in [1.29, 1.82) is 0 Å². The highest BCUT2D eigenvalue weighted by Gasteiger charge is 2.41. The Hall–Kier alpha value is -2.62. The largest absolute Gasteiger partial charge is 0.481 e. The van der Waals surface area contributed by atoms with E-state index in [1.807, 2.05) is 0 Å². The van der Waals surface area contributed by atoms with Crippen molar-refractivity contribution >= 4 is 23.5 Å². The molecule has 34 heavy (non-hydrogen) atoms. The SMILES string of the molecule is O=C(O)C1CCC(CC(=O)N2CCc3c(C(F)(F)F)nn(Cc4cc(F)cc(Cl)c4)c3C2)CC1. The van der Waals surface area contributed by atoms with Crippen LogP contribution in [0.3, 0.4) is 0 Å². The van der Waals surface area contributed by atoms with Crippen molar-refractivity contribution in [1.82, 2.24) is 14.7 Å². The molecule has 2 aliphatic rings. The number of hydrogen-bond donors (Lipinski definition) is 1. The van der Waals surface area contributed by atoms with Gasteiger partial charge >= 0.3 is 12.1 Å². The van der Waals surface area contributed by atoms with Crippen molar-refractivity contribution in [3.05, 3.63) is 51.6 Å². The van der Waals surface area contributed by atoms with Crippen LogP contribution < -0.4 is 0 Å². The van der Waals surface area contributed by atoms with Gasteiger partial charge in [-0.25, -0.2) is 4.39 Å². The van der Waals surface area contributed by atoms with Gasteiger partial charge in [-0.3, -0.25) is 14.3 Å². The summed E-state index contributed by atoms with van der Waals surface area (Å²) >= 11 is 5.89. The van der Waals surface area contributed by atoms with Gasteiger partial charge in [0.1, 0.15) is 5.82 Å². The van der Waals surface area contributed by atoms with Crippen LogP contribution in [0.4, 0.5) is 17.6 Å². The highest BCUT2D eigenvalue weighted by molar-refractivity contribution is 6.30. The standard InChI is InChI=1S/C23H24ClF4N3O3/c24-16-7-14(8-17(25)10-16)11-31-19-12-30(6-5-18(19)21(29-31)23(26,27)28)20(32)9-13-1-3-15(4-2-13)22(33)34/h7-8,10,13,15H,1-6,9,11-12H2,(H,33,34). The van der Waals surface area contributed by atoms with E-state index >= 15 is 0 Å². The second-order valence-electron chi connectivity index (χ2n) is 9.03. The van der Waals surface area contributed by atoms with Crippen molar-refractivity contribution < 1.29 is 32.3 Å². The van der Waals surface area contributed by atoms with Crippen LogP contribution in [-0.2, 0) is 35.3 Å². The molecule has 11 heteroatoms. The molecular weight excluding hydrogens is 478 g/mol. The molecule has 2 aromatic rings. The summed E-state index contributed by atoms with van der Waals surface area (Å²) in [5.74, 6) is -1.90. The Labute approximate surface area is 198 Å². The number of benzene rings is 1. The lowest BCUT2D eigenvalue weighted by molar-refractivity contribution is -0.143. The molecule has 1 aliphatic heterocycles. The molecular formula is C23H24ClF4N3O3. The van der Waals surface area contributed by atoms with Crippen molar-refractivity contribution in [2.45, 2.75) is 57.8 Å². The summed E-state index contributed by atoms with van der Waals surface area (Å²) in [4.78, 5) is 25.6. The van der Waals surface area contributed by atoms with Gasteiger partial charge in [0, 0.05) is 23.6 Å². The monoisotopic (exact) mass is 501 g/mol. The molecule has 0 spiro atoms. The Morgan fingerprint density at radius 3 is 2.47 bits per heavy atom. The zero-order chi connectivity index (χ0) is 24.6. The molecule has 0 saturated heterocycles. The molecule has 184 valence electrons. The maximum atomic E-state index is 13.7. The summed E-state index contributed by atoms with van der Waals surface area (Å²) in [5, 5.41) is 13.0. The Bertz CT molecular complexity index is 1070. The maximum absolute atomic E-state index is 13.7. The van der Waals surface area contributed by atoms with E-state index in [-0.39, 0.29) is 66.5 Å². The van der Waals surface area contributed by atoms with Crippen molar-refractivity contribution in [3.8, 4) is 0 Å². The highest BCUT2D eigenvalue weighted by atomic mass is 35.5. The van der Waals surface area contributed by atoms with Crippen LogP contribution >= 0.6 is 11.6 Å². The fraction of sp³-hybridized carbons (Fsp3) is 0.522. The van der Waals surface area contributed by atoms with Crippen LogP contribution in [0.15, 0.2) is 18.2 Å². The van der Waals surface area contributed by atoms with E-state index in [4.69, 9.17) is 16.7 Å². The molecule has 1 amide bonds. The summed E-state index contributed by atoms with van der Waals surface area (Å²) in [5.41, 5.74) is -0.283. The molecule has 0 atom stereocenters. The molecule has 6 nitrogen and oxygen atoms in total. The van der Waals surface area contributed by atoms with E-state index in [2.05, 4.69) is 5.10 Å². The summed E-state index contributed by atoms with van der Waals surface area (Å²) in [6.45, 7) is 0.0127. The number of carboxylic acids is 1. The number of aromatic nitrogens is 2. The van der Waals surface area contributed by atoms with Gasteiger partial charge < -0.3 is 10.0 Å². The van der Waals surface area contributed by atoms with Gasteiger partial charge in [-0.1, -0.05) is 11.6 Å². The van der Waals surface area contributed by atoms with Crippen LogP contribution in [0.5, 0.6) is 0 Å². The Kier molecular flexibility index (Phi) is 6.89. The number of carbonyl (C=O) groups is 2. The van der Waals surface area contributed by atoms with E-state index < -0.39 is 23.7 Å². The molecule has 1 aromatic carbocycles. The number of aliphatic carboxylic acids is 1. The molecule has 0 radical (unpaired) electrons. The minimum Gasteiger partial charge on any atom is -0.481 e. The lowest BCUT2D eigenvalue weighted by atomic mass is 9.80. The van der Waals surface area contributed by atoms with Gasteiger partial charge in [0.15, 0.2) is 5.69 Å². The third-order valence-electron chi connectivity index (χ3n) is 6.67. The zero-order valence-corrected chi connectivity index (χ0v) is 19.0. The molecule has 1 saturated carbocycles. The number of halogens is 5. The molecule has 4 rings (SSSR count). The van der Waals surface area contributed by atoms with Crippen molar-refractivity contribution in [3.63, 3.8) is 0 Å². The van der Waals surface area contributed by atoms with E-state index in [1.54, 1.807) is 0 Å². The lowest BCUT2D eigenvalue weighted by Crippen LogP contribution is -2.38. The molecule has 0 bridgehead atoms. The number of rotatable bonds is 5. The van der Waals surface area contributed by atoms with Gasteiger partial charge in [-0.15, -0.1) is 0 Å². The van der Waals surface area contributed by atoms with Gasteiger partial charge in [0.2, 0.25) is 5.91 Å². The van der Waals surface area contributed by atoms with Crippen LogP contribution in [-0.4, -0.2) is 38.2 Å². The summed E-state index contributed by atoms with van der Waals surface area (Å²) in [6, 6.07) is 3.76. The first-order valence-corrected chi connectivity index (χ1v) is 11.5. The predicted octanol–water partition coefficient (Wildman–Crippen LogP) is 4.91. The summed E-state index contributed by atoms with van der Waals surface area (Å²) in [7, 11) is 0. The van der Waals surface area contributed by atoms with Gasteiger partial charge in [-0.05, 0) is 61.8 Å². The number of carboxylic acid groups (broad SMARTS) is 1. The molecule has 1 aliphatic carbocycles. The Balaban J connectivity index is 1.52. The van der Waals surface area contributed by atoms with Crippen molar-refractivity contribution in [2.75, 3.05) is 6.54 Å². The quantitative estimate of drug-likeness (QED) is 0.591. The number of hydrogen-bond acceptors (Lipinski definition) is 3. The second-order valence-corrected chi connectivity index (χ2v) is 9.47. The smallest absolute Gasteiger partial charge is 0.435 e. The number of alkyl halides is 3. The molecule has 2 heterocycles. The molecule has 1 aromatic heterocycles. The van der Waals surface area contributed by atoms with Crippen LogP contribution in [0, 0.1) is 17.7 Å². The topological polar surface area (TPSA) is 75.4 Å². The van der Waals surface area contributed by atoms with Crippen molar-refractivity contribution in [2.24, 2.45) is 11.8 Å². The van der Waals surface area contributed by atoms with Gasteiger partial charge in [0.05, 0.1) is 24.7 Å². The maximum Gasteiger partial charge on any atom is 0.435 e. The number of carbonyl (C=O) groups excluding carboxylic acids is 1. The number of nitrogens with zero attached hydrogens (tertiary/aromatic N) is 3. The summed E-state index contributed by atoms with van der Waals surface area (Å²) in [6.07, 6.45) is -2.07. The van der Waals surface area contributed by atoms with Crippen LogP contribution in [0.25, 0.3) is 0 Å². The zero-order valence-electron chi connectivity index (χ0n) is 18.2. The number of fused-ring (bicyclic) bond motifs is 1. The molecule has 1 fully saturated rings. The number of amides is 1. The lowest BCUT2D eigenvalue weighted by Gasteiger charge is -2.31. The van der Waals surface area contributed by atoms with E-state index in [1.165, 1.54) is 21.7 Å². The molecule has 0 unspecified atom stereocenters.